The van der Waals surface area contributed by atoms with Crippen LogP contribution in [-0.2, 0) is 0 Å². The molecule has 1 amide bonds. The normalized spacial score (nSPS) is 9.58. The highest BCUT2D eigenvalue weighted by atomic mass is 16.3. The van der Waals surface area contributed by atoms with Gasteiger partial charge in [0.05, 0.1) is 12.1 Å². The lowest BCUT2D eigenvalue weighted by molar-refractivity contribution is 0.102. The second-order valence-corrected chi connectivity index (χ2v) is 3.84. The van der Waals surface area contributed by atoms with Crippen molar-refractivity contribution >= 4 is 11.7 Å². The number of nitrogens with one attached hydrogen (secondary N) is 1. The zero-order chi connectivity index (χ0) is 13.7. The van der Waals surface area contributed by atoms with Crippen LogP contribution in [0.25, 0.3) is 0 Å². The first-order valence-corrected chi connectivity index (χ1v) is 5.70. The second kappa shape index (κ2) is 5.85. The first-order valence-electron chi connectivity index (χ1n) is 5.70. The van der Waals surface area contributed by atoms with Gasteiger partial charge in [0.25, 0.3) is 5.91 Å². The number of carbonyl (C=O) groups is 1. The van der Waals surface area contributed by atoms with Crippen LogP contribution in [0, 0.1) is 18.8 Å². The summed E-state index contributed by atoms with van der Waals surface area (Å²) < 4.78 is 5.08. The van der Waals surface area contributed by atoms with E-state index < -0.39 is 0 Å². The smallest absolute Gasteiger partial charge is 0.260 e. The minimum Gasteiger partial charge on any atom is -0.469 e. The average molecular weight is 255 g/mol. The van der Waals surface area contributed by atoms with Crippen molar-refractivity contribution in [1.29, 1.82) is 0 Å². The third-order valence-electron chi connectivity index (χ3n) is 2.33. The van der Waals surface area contributed by atoms with Gasteiger partial charge >= 0.3 is 0 Å². The Morgan fingerprint density at radius 3 is 3.05 bits per heavy atom. The Hall–Kier alpha value is -2.58. The molecule has 5 nitrogen and oxygen atoms in total. The van der Waals surface area contributed by atoms with Crippen LogP contribution in [0.1, 0.15) is 21.7 Å². The summed E-state index contributed by atoms with van der Waals surface area (Å²) in [5.41, 5.74) is 6.51. The maximum Gasteiger partial charge on any atom is 0.260 e. The molecule has 0 aromatic carbocycles. The quantitative estimate of drug-likeness (QED) is 0.798. The predicted octanol–water partition coefficient (Wildman–Crippen LogP) is 1.55. The molecule has 2 heterocycles. The first-order chi connectivity index (χ1) is 9.19. The number of carbonyl (C=O) groups excluding carboxylic acids is 1. The van der Waals surface area contributed by atoms with E-state index in [1.54, 1.807) is 31.3 Å². The Bertz CT molecular complexity index is 650. The number of pyridine rings is 1. The monoisotopic (exact) mass is 255 g/mol. The van der Waals surface area contributed by atoms with Crippen molar-refractivity contribution in [3.63, 3.8) is 0 Å². The van der Waals surface area contributed by atoms with E-state index in [1.807, 2.05) is 0 Å². The van der Waals surface area contributed by atoms with Gasteiger partial charge in [-0.1, -0.05) is 11.8 Å². The molecule has 0 unspecified atom stereocenters. The molecule has 0 bridgehead atoms. The van der Waals surface area contributed by atoms with E-state index in [1.165, 1.54) is 6.26 Å². The minimum atomic E-state index is -0.270. The molecule has 0 atom stereocenters. The van der Waals surface area contributed by atoms with E-state index in [2.05, 4.69) is 22.1 Å². The number of furan rings is 1. The van der Waals surface area contributed by atoms with Gasteiger partial charge in [-0.05, 0) is 25.1 Å². The topological polar surface area (TPSA) is 81.2 Å². The van der Waals surface area contributed by atoms with Crippen LogP contribution >= 0.6 is 0 Å². The molecule has 0 radical (unpaired) electrons. The van der Waals surface area contributed by atoms with Crippen LogP contribution in [-0.4, -0.2) is 17.4 Å². The Morgan fingerprint density at radius 1 is 1.53 bits per heavy atom. The standard InChI is InChI=1S/C14H13N3O2/c1-10-7-12(9-19-10)14(18)17-13-8-11(3-2-5-15)4-6-16-13/h4,6-9H,5,15H2,1H3,(H,16,17,18). The largest absolute Gasteiger partial charge is 0.469 e. The molecule has 0 aliphatic rings. The van der Waals surface area contributed by atoms with Crippen LogP contribution in [0.2, 0.25) is 0 Å². The summed E-state index contributed by atoms with van der Waals surface area (Å²) in [5, 5.41) is 2.68. The molecule has 96 valence electrons. The summed E-state index contributed by atoms with van der Waals surface area (Å²) in [7, 11) is 0. The second-order valence-electron chi connectivity index (χ2n) is 3.84. The van der Waals surface area contributed by atoms with Gasteiger partial charge in [-0.2, -0.15) is 0 Å². The van der Waals surface area contributed by atoms with E-state index in [9.17, 15) is 4.79 Å². The van der Waals surface area contributed by atoms with Crippen LogP contribution in [0.4, 0.5) is 5.82 Å². The van der Waals surface area contributed by atoms with E-state index in [0.717, 1.165) is 5.56 Å². The fraction of sp³-hybridized carbons (Fsp3) is 0.143. The average Bonchev–Trinajstić information content (AvgIpc) is 2.83. The maximum atomic E-state index is 11.9. The van der Waals surface area contributed by atoms with E-state index >= 15 is 0 Å². The number of aryl methyl sites for hydroxylation is 1. The molecular formula is C14H13N3O2. The van der Waals surface area contributed by atoms with E-state index in [4.69, 9.17) is 10.2 Å². The third kappa shape index (κ3) is 3.44. The molecule has 19 heavy (non-hydrogen) atoms. The predicted molar refractivity (Wildman–Crippen MR) is 71.6 cm³/mol. The van der Waals surface area contributed by atoms with Crippen molar-refractivity contribution in [2.45, 2.75) is 6.92 Å². The molecular weight excluding hydrogens is 242 g/mol. The minimum absolute atomic E-state index is 0.270. The Labute approximate surface area is 110 Å². The zero-order valence-electron chi connectivity index (χ0n) is 10.4. The number of hydrogen-bond acceptors (Lipinski definition) is 4. The zero-order valence-corrected chi connectivity index (χ0v) is 10.4. The number of rotatable bonds is 2. The number of amides is 1. The molecule has 3 N–H and O–H groups in total. The maximum absolute atomic E-state index is 11.9. The van der Waals surface area contributed by atoms with Gasteiger partial charge in [0, 0.05) is 11.8 Å². The molecule has 0 saturated carbocycles. The van der Waals surface area contributed by atoms with Crippen LogP contribution in [0.15, 0.2) is 35.1 Å². The Kier molecular flexibility index (Phi) is 3.96. The summed E-state index contributed by atoms with van der Waals surface area (Å²) in [5.74, 6) is 6.47. The molecule has 0 aliphatic heterocycles. The molecule has 2 rings (SSSR count). The van der Waals surface area contributed by atoms with Gasteiger partial charge in [-0.3, -0.25) is 4.79 Å². The summed E-state index contributed by atoms with van der Waals surface area (Å²) in [6, 6.07) is 5.10. The molecule has 0 spiro atoms. The van der Waals surface area contributed by atoms with Crippen molar-refractivity contribution in [2.75, 3.05) is 11.9 Å². The lowest BCUT2D eigenvalue weighted by Gasteiger charge is -2.02. The molecule has 0 fully saturated rings. The highest BCUT2D eigenvalue weighted by molar-refractivity contribution is 6.03. The van der Waals surface area contributed by atoms with E-state index in [-0.39, 0.29) is 12.5 Å². The first kappa shape index (κ1) is 12.9. The number of nitrogens with zero attached hydrogens (tertiary/aromatic N) is 1. The molecule has 5 heteroatoms. The lowest BCUT2D eigenvalue weighted by Crippen LogP contribution is -2.12. The summed E-state index contributed by atoms with van der Waals surface area (Å²) in [6.45, 7) is 2.07. The van der Waals surface area contributed by atoms with E-state index in [0.29, 0.717) is 17.1 Å². The Balaban J connectivity index is 2.13. The Morgan fingerprint density at radius 2 is 2.37 bits per heavy atom. The number of nitrogens with two attached hydrogens (primary N) is 1. The van der Waals surface area contributed by atoms with Crippen molar-refractivity contribution in [1.82, 2.24) is 4.98 Å². The van der Waals surface area contributed by atoms with Gasteiger partial charge in [0.2, 0.25) is 0 Å². The van der Waals surface area contributed by atoms with Gasteiger partial charge < -0.3 is 15.5 Å². The summed E-state index contributed by atoms with van der Waals surface area (Å²) in [4.78, 5) is 15.9. The fourth-order valence-corrected chi connectivity index (χ4v) is 1.48. The van der Waals surface area contributed by atoms with Crippen molar-refractivity contribution in [3.05, 3.63) is 47.5 Å². The van der Waals surface area contributed by atoms with Gasteiger partial charge in [-0.15, -0.1) is 0 Å². The van der Waals surface area contributed by atoms with Crippen molar-refractivity contribution in [3.8, 4) is 11.8 Å². The highest BCUT2D eigenvalue weighted by Gasteiger charge is 2.09. The highest BCUT2D eigenvalue weighted by Crippen LogP contribution is 2.10. The van der Waals surface area contributed by atoms with Crippen LogP contribution in [0.5, 0.6) is 0 Å². The number of hydrogen-bond donors (Lipinski definition) is 2. The summed E-state index contributed by atoms with van der Waals surface area (Å²) in [6.07, 6.45) is 2.99. The van der Waals surface area contributed by atoms with Crippen LogP contribution < -0.4 is 11.1 Å². The van der Waals surface area contributed by atoms with Gasteiger partial charge in [-0.25, -0.2) is 4.98 Å². The third-order valence-corrected chi connectivity index (χ3v) is 2.33. The molecule has 0 aliphatic carbocycles. The van der Waals surface area contributed by atoms with Gasteiger partial charge in [0.15, 0.2) is 0 Å². The molecule has 2 aromatic heterocycles. The SMILES string of the molecule is Cc1cc(C(=O)Nc2cc(C#CCN)ccn2)co1. The van der Waals surface area contributed by atoms with Crippen molar-refractivity contribution < 1.29 is 9.21 Å². The van der Waals surface area contributed by atoms with Crippen molar-refractivity contribution in [2.24, 2.45) is 5.73 Å². The lowest BCUT2D eigenvalue weighted by atomic mass is 10.2. The summed E-state index contributed by atoms with van der Waals surface area (Å²) >= 11 is 0. The molecule has 0 saturated heterocycles. The van der Waals surface area contributed by atoms with Gasteiger partial charge in [0.1, 0.15) is 17.8 Å². The van der Waals surface area contributed by atoms with Crippen LogP contribution in [0.3, 0.4) is 0 Å². The fourth-order valence-electron chi connectivity index (χ4n) is 1.48. The number of aromatic nitrogens is 1. The molecule has 2 aromatic rings. The number of anilines is 1.